The van der Waals surface area contributed by atoms with Gasteiger partial charge in [0.05, 0.1) is 12.8 Å². The van der Waals surface area contributed by atoms with Crippen LogP contribution < -0.4 is 15.6 Å². The first-order valence-electron chi connectivity index (χ1n) is 7.26. The molecule has 0 aliphatic carbocycles. The van der Waals surface area contributed by atoms with E-state index in [0.717, 1.165) is 10.7 Å². The molecule has 0 radical (unpaired) electrons. The number of rotatable bonds is 6. The van der Waals surface area contributed by atoms with Crippen LogP contribution in [0.15, 0.2) is 35.1 Å². The van der Waals surface area contributed by atoms with Crippen LogP contribution in [0.2, 0.25) is 0 Å². The Kier molecular flexibility index (Phi) is 5.48. The number of aromatic nitrogens is 2. The largest absolute Gasteiger partial charge is 0.497 e. The van der Waals surface area contributed by atoms with Gasteiger partial charge in [0.1, 0.15) is 24.2 Å². The van der Waals surface area contributed by atoms with Gasteiger partial charge in [-0.3, -0.25) is 14.4 Å². The fraction of sp³-hybridized carbons (Fsp3) is 0.250. The Bertz CT molecular complexity index is 865. The zero-order chi connectivity index (χ0) is 18.6. The second kappa shape index (κ2) is 7.56. The van der Waals surface area contributed by atoms with Crippen molar-refractivity contribution in [1.29, 1.82) is 0 Å². The number of halogens is 1. The smallest absolute Gasteiger partial charge is 0.325 e. The summed E-state index contributed by atoms with van der Waals surface area (Å²) >= 11 is 0. The molecule has 0 aliphatic heterocycles. The van der Waals surface area contributed by atoms with E-state index >= 15 is 0 Å². The number of ether oxygens (including phenoxy) is 1. The van der Waals surface area contributed by atoms with E-state index in [0.29, 0.717) is 5.75 Å². The quantitative estimate of drug-likeness (QED) is 0.792. The Balaban J connectivity index is 2.27. The molecule has 25 heavy (non-hydrogen) atoms. The Hall–Kier alpha value is -3.23. The van der Waals surface area contributed by atoms with Crippen molar-refractivity contribution in [3.05, 3.63) is 46.5 Å². The lowest BCUT2D eigenvalue weighted by Crippen LogP contribution is -2.41. The number of carboxylic acid groups (broad SMARTS) is 1. The van der Waals surface area contributed by atoms with Crippen LogP contribution in [0.3, 0.4) is 0 Å². The van der Waals surface area contributed by atoms with Crippen molar-refractivity contribution in [3.8, 4) is 17.0 Å². The number of carbonyl (C=O) groups is 2. The Morgan fingerprint density at radius 1 is 1.36 bits per heavy atom. The van der Waals surface area contributed by atoms with Gasteiger partial charge < -0.3 is 15.2 Å². The van der Waals surface area contributed by atoms with Crippen molar-refractivity contribution in [2.45, 2.75) is 19.5 Å². The van der Waals surface area contributed by atoms with E-state index in [1.807, 2.05) is 0 Å². The molecule has 0 unspecified atom stereocenters. The average Bonchev–Trinajstić information content (AvgIpc) is 2.56. The lowest BCUT2D eigenvalue weighted by atomic mass is 10.1. The molecule has 1 atom stereocenters. The van der Waals surface area contributed by atoms with Crippen molar-refractivity contribution in [2.24, 2.45) is 0 Å². The molecule has 1 heterocycles. The predicted octanol–water partition coefficient (Wildman–Crippen LogP) is 0.647. The number of hydrogen-bond acceptors (Lipinski definition) is 5. The third kappa shape index (κ3) is 4.40. The van der Waals surface area contributed by atoms with E-state index in [2.05, 4.69) is 10.4 Å². The molecule has 9 heteroatoms. The number of amides is 1. The third-order valence-corrected chi connectivity index (χ3v) is 3.36. The molecule has 0 spiro atoms. The molecule has 2 aromatic rings. The van der Waals surface area contributed by atoms with Crippen LogP contribution in [0.25, 0.3) is 11.3 Å². The molecule has 0 aliphatic rings. The van der Waals surface area contributed by atoms with Gasteiger partial charge in [0.2, 0.25) is 5.91 Å². The Labute approximate surface area is 141 Å². The predicted molar refractivity (Wildman–Crippen MR) is 85.7 cm³/mol. The second-order valence-corrected chi connectivity index (χ2v) is 5.19. The summed E-state index contributed by atoms with van der Waals surface area (Å²) in [5.74, 6) is -2.17. The van der Waals surface area contributed by atoms with Crippen molar-refractivity contribution in [1.82, 2.24) is 15.1 Å². The summed E-state index contributed by atoms with van der Waals surface area (Å²) in [5, 5.41) is 14.9. The maximum absolute atomic E-state index is 14.1. The third-order valence-electron chi connectivity index (χ3n) is 3.36. The van der Waals surface area contributed by atoms with Crippen LogP contribution in [0.1, 0.15) is 6.92 Å². The highest BCUT2D eigenvalue weighted by Crippen LogP contribution is 2.23. The maximum Gasteiger partial charge on any atom is 0.325 e. The highest BCUT2D eigenvalue weighted by molar-refractivity contribution is 5.83. The molecule has 8 nitrogen and oxygen atoms in total. The van der Waals surface area contributed by atoms with Gasteiger partial charge >= 0.3 is 5.97 Å². The number of aliphatic carboxylic acids is 1. The minimum absolute atomic E-state index is 0.133. The number of nitrogens with zero attached hydrogens (tertiary/aromatic N) is 2. The second-order valence-electron chi connectivity index (χ2n) is 5.19. The Morgan fingerprint density at radius 3 is 2.68 bits per heavy atom. The van der Waals surface area contributed by atoms with E-state index in [9.17, 15) is 18.8 Å². The maximum atomic E-state index is 14.1. The minimum Gasteiger partial charge on any atom is -0.497 e. The summed E-state index contributed by atoms with van der Waals surface area (Å²) in [6.07, 6.45) is 0. The van der Waals surface area contributed by atoms with Gasteiger partial charge in [-0.15, -0.1) is 0 Å². The van der Waals surface area contributed by atoms with E-state index in [-0.39, 0.29) is 11.3 Å². The standard InChI is InChI=1S/C16H16FN3O5/c1-9(16(23)24)18-14(21)8-20-15(22)6-5-13(19-20)11-4-3-10(25-2)7-12(11)17/h3-7,9H,8H2,1-2H3,(H,18,21)(H,23,24)/t9-/m0/s1. The highest BCUT2D eigenvalue weighted by Gasteiger charge is 2.16. The van der Waals surface area contributed by atoms with E-state index < -0.39 is 35.8 Å². The molecule has 2 rings (SSSR count). The number of benzene rings is 1. The van der Waals surface area contributed by atoms with Crippen molar-refractivity contribution >= 4 is 11.9 Å². The van der Waals surface area contributed by atoms with E-state index in [4.69, 9.17) is 9.84 Å². The number of nitrogens with one attached hydrogen (secondary N) is 1. The molecule has 1 aromatic carbocycles. The summed E-state index contributed by atoms with van der Waals surface area (Å²) in [6.45, 7) is 0.807. The van der Waals surface area contributed by atoms with Gasteiger partial charge in [-0.2, -0.15) is 5.10 Å². The first kappa shape index (κ1) is 18.1. The van der Waals surface area contributed by atoms with E-state index in [1.165, 1.54) is 38.3 Å². The summed E-state index contributed by atoms with van der Waals surface area (Å²) in [7, 11) is 1.41. The van der Waals surface area contributed by atoms with Gasteiger partial charge in [0, 0.05) is 17.7 Å². The molecule has 0 bridgehead atoms. The summed E-state index contributed by atoms with van der Waals surface area (Å²) < 4.78 is 19.9. The zero-order valence-corrected chi connectivity index (χ0v) is 13.5. The van der Waals surface area contributed by atoms with Gasteiger partial charge in [0.15, 0.2) is 0 Å². The molecule has 0 saturated carbocycles. The van der Waals surface area contributed by atoms with Crippen molar-refractivity contribution < 1.29 is 23.8 Å². The fourth-order valence-corrected chi connectivity index (χ4v) is 2.02. The van der Waals surface area contributed by atoms with Gasteiger partial charge in [0.25, 0.3) is 5.56 Å². The normalized spacial score (nSPS) is 11.6. The Morgan fingerprint density at radius 2 is 2.08 bits per heavy atom. The minimum atomic E-state index is -1.21. The van der Waals surface area contributed by atoms with Crippen LogP contribution in [0.4, 0.5) is 4.39 Å². The molecular weight excluding hydrogens is 333 g/mol. The number of carbonyl (C=O) groups excluding carboxylic acids is 1. The van der Waals surface area contributed by atoms with E-state index in [1.54, 1.807) is 0 Å². The number of carboxylic acids is 1. The molecule has 2 N–H and O–H groups in total. The van der Waals surface area contributed by atoms with Crippen LogP contribution >= 0.6 is 0 Å². The fourth-order valence-electron chi connectivity index (χ4n) is 2.02. The number of methoxy groups -OCH3 is 1. The molecular formula is C16H16FN3O5. The monoisotopic (exact) mass is 349 g/mol. The van der Waals surface area contributed by atoms with Crippen molar-refractivity contribution in [3.63, 3.8) is 0 Å². The first-order chi connectivity index (χ1) is 11.8. The summed E-state index contributed by atoms with van der Waals surface area (Å²) in [5.41, 5.74) is -0.288. The summed E-state index contributed by atoms with van der Waals surface area (Å²) in [6, 6.07) is 5.54. The zero-order valence-electron chi connectivity index (χ0n) is 13.5. The van der Waals surface area contributed by atoms with Gasteiger partial charge in [-0.25, -0.2) is 9.07 Å². The highest BCUT2D eigenvalue weighted by atomic mass is 19.1. The van der Waals surface area contributed by atoms with Crippen molar-refractivity contribution in [2.75, 3.05) is 7.11 Å². The van der Waals surface area contributed by atoms with Gasteiger partial charge in [-0.05, 0) is 25.1 Å². The SMILES string of the molecule is COc1ccc(-c2ccc(=O)n(CC(=O)N[C@@H](C)C(=O)O)n2)c(F)c1. The average molecular weight is 349 g/mol. The van der Waals surface area contributed by atoms with Crippen LogP contribution in [0, 0.1) is 5.82 Å². The molecule has 0 saturated heterocycles. The number of hydrogen-bond donors (Lipinski definition) is 2. The summed E-state index contributed by atoms with van der Waals surface area (Å²) in [4.78, 5) is 34.4. The lowest BCUT2D eigenvalue weighted by Gasteiger charge is -2.11. The molecule has 1 amide bonds. The topological polar surface area (TPSA) is 111 Å². The van der Waals surface area contributed by atoms with Crippen LogP contribution in [0.5, 0.6) is 5.75 Å². The van der Waals surface area contributed by atoms with Crippen LogP contribution in [-0.4, -0.2) is 39.9 Å². The lowest BCUT2D eigenvalue weighted by molar-refractivity contribution is -0.141. The van der Waals surface area contributed by atoms with Gasteiger partial charge in [-0.1, -0.05) is 0 Å². The first-order valence-corrected chi connectivity index (χ1v) is 7.26. The molecule has 0 fully saturated rings. The van der Waals surface area contributed by atoms with Crippen LogP contribution in [-0.2, 0) is 16.1 Å². The molecule has 1 aromatic heterocycles. The molecule has 132 valence electrons.